The predicted molar refractivity (Wildman–Crippen MR) is 58.6 cm³/mol. The van der Waals surface area contributed by atoms with Crippen LogP contribution in [0.2, 0.25) is 5.02 Å². The van der Waals surface area contributed by atoms with Gasteiger partial charge in [0.05, 0.1) is 9.82 Å². The molecule has 1 aromatic carbocycles. The monoisotopic (exact) mass is 256 g/mol. The maximum atomic E-state index is 10.8. The molecule has 2 rings (SSSR count). The molecule has 8 heteroatoms. The molecule has 1 heterocycles. The molecular weight excluding hydrogens is 252 g/mol. The van der Waals surface area contributed by atoms with Gasteiger partial charge in [0, 0.05) is 11.1 Å². The van der Waals surface area contributed by atoms with Crippen molar-refractivity contribution in [2.75, 3.05) is 0 Å². The number of aromatic nitrogens is 3. The van der Waals surface area contributed by atoms with E-state index in [0.717, 1.165) is 11.8 Å². The Morgan fingerprint density at radius 3 is 2.94 bits per heavy atom. The molecule has 0 unspecified atom stereocenters. The van der Waals surface area contributed by atoms with Gasteiger partial charge in [0.15, 0.2) is 5.16 Å². The summed E-state index contributed by atoms with van der Waals surface area (Å²) in [6, 6.07) is 4.47. The molecule has 0 aliphatic heterocycles. The Labute approximate surface area is 99.2 Å². The second kappa shape index (κ2) is 4.50. The Hall–Kier alpha value is -1.60. The third kappa shape index (κ3) is 2.31. The average Bonchev–Trinajstić information content (AvgIpc) is 2.73. The van der Waals surface area contributed by atoms with Crippen molar-refractivity contribution >= 4 is 29.1 Å². The smallest absolute Gasteiger partial charge is 0.258 e. The van der Waals surface area contributed by atoms with Crippen LogP contribution in [0.15, 0.2) is 34.6 Å². The van der Waals surface area contributed by atoms with E-state index in [1.165, 1.54) is 12.4 Å². The van der Waals surface area contributed by atoms with Crippen molar-refractivity contribution in [2.45, 2.75) is 10.1 Å². The van der Waals surface area contributed by atoms with Crippen molar-refractivity contribution in [2.24, 2.45) is 0 Å². The first-order valence-corrected chi connectivity index (χ1v) is 5.33. The summed E-state index contributed by atoms with van der Waals surface area (Å²) < 4.78 is 0. The minimum atomic E-state index is -0.482. The molecule has 0 atom stereocenters. The van der Waals surface area contributed by atoms with Gasteiger partial charge in [-0.25, -0.2) is 4.98 Å². The molecule has 0 amide bonds. The molecule has 6 nitrogen and oxygen atoms in total. The van der Waals surface area contributed by atoms with Gasteiger partial charge in [-0.2, -0.15) is 5.10 Å². The van der Waals surface area contributed by atoms with Crippen LogP contribution in [0, 0.1) is 10.1 Å². The normalized spacial score (nSPS) is 10.3. The number of nitrogens with zero attached hydrogens (tertiary/aromatic N) is 3. The highest BCUT2D eigenvalue weighted by Crippen LogP contribution is 2.34. The summed E-state index contributed by atoms with van der Waals surface area (Å²) in [6.45, 7) is 0. The molecule has 0 radical (unpaired) electrons. The van der Waals surface area contributed by atoms with Gasteiger partial charge in [-0.15, -0.1) is 0 Å². The number of hydrogen-bond acceptors (Lipinski definition) is 5. The average molecular weight is 257 g/mol. The third-order valence-electron chi connectivity index (χ3n) is 1.72. The van der Waals surface area contributed by atoms with Gasteiger partial charge in [-0.3, -0.25) is 15.2 Å². The lowest BCUT2D eigenvalue weighted by Crippen LogP contribution is -1.91. The first-order valence-electron chi connectivity index (χ1n) is 4.14. The molecule has 0 aliphatic carbocycles. The molecular formula is C8H5ClN4O2S. The molecule has 16 heavy (non-hydrogen) atoms. The zero-order valence-corrected chi connectivity index (χ0v) is 9.33. The van der Waals surface area contributed by atoms with Crippen LogP contribution >= 0.6 is 23.4 Å². The van der Waals surface area contributed by atoms with Crippen LogP contribution in [-0.2, 0) is 0 Å². The number of halogens is 1. The summed E-state index contributed by atoms with van der Waals surface area (Å²) >= 11 is 6.82. The number of hydrogen-bond donors (Lipinski definition) is 1. The number of benzene rings is 1. The van der Waals surface area contributed by atoms with Crippen molar-refractivity contribution in [3.05, 3.63) is 39.7 Å². The van der Waals surface area contributed by atoms with Crippen LogP contribution in [0.4, 0.5) is 5.69 Å². The second-order valence-corrected chi connectivity index (χ2v) is 4.23. The van der Waals surface area contributed by atoms with Crippen molar-refractivity contribution in [1.29, 1.82) is 0 Å². The highest BCUT2D eigenvalue weighted by atomic mass is 35.5. The zero-order valence-electron chi connectivity index (χ0n) is 7.75. The highest BCUT2D eigenvalue weighted by Gasteiger charge is 2.16. The van der Waals surface area contributed by atoms with E-state index >= 15 is 0 Å². The Balaban J connectivity index is 2.36. The summed E-state index contributed by atoms with van der Waals surface area (Å²) in [5.74, 6) is 0. The molecule has 2 aromatic rings. The Morgan fingerprint density at radius 2 is 2.31 bits per heavy atom. The largest absolute Gasteiger partial charge is 0.284 e. The molecule has 0 aliphatic rings. The lowest BCUT2D eigenvalue weighted by Gasteiger charge is -2.00. The molecule has 0 saturated heterocycles. The first kappa shape index (κ1) is 10.9. The minimum absolute atomic E-state index is 0.0473. The number of H-pyrrole nitrogens is 1. The Kier molecular flexibility index (Phi) is 3.07. The minimum Gasteiger partial charge on any atom is -0.258 e. The SMILES string of the molecule is O=[N+]([O-])c1cc(Cl)ccc1Sc1ncn[nH]1. The van der Waals surface area contributed by atoms with Crippen LogP contribution in [0.5, 0.6) is 0 Å². The lowest BCUT2D eigenvalue weighted by atomic mass is 10.3. The van der Waals surface area contributed by atoms with Gasteiger partial charge >= 0.3 is 0 Å². The zero-order chi connectivity index (χ0) is 11.5. The Bertz CT molecular complexity index is 517. The fourth-order valence-electron chi connectivity index (χ4n) is 1.07. The number of nitro benzene ring substituents is 1. The van der Waals surface area contributed by atoms with E-state index in [1.807, 2.05) is 0 Å². The van der Waals surface area contributed by atoms with Crippen LogP contribution in [0.25, 0.3) is 0 Å². The van der Waals surface area contributed by atoms with Gasteiger partial charge in [0.1, 0.15) is 6.33 Å². The van der Waals surface area contributed by atoms with Gasteiger partial charge in [-0.05, 0) is 23.9 Å². The quantitative estimate of drug-likeness (QED) is 0.674. The van der Waals surface area contributed by atoms with E-state index in [2.05, 4.69) is 15.2 Å². The highest BCUT2D eigenvalue weighted by molar-refractivity contribution is 7.99. The second-order valence-electron chi connectivity index (χ2n) is 2.76. The first-order chi connectivity index (χ1) is 7.66. The summed E-state index contributed by atoms with van der Waals surface area (Å²) in [5.41, 5.74) is -0.0473. The lowest BCUT2D eigenvalue weighted by molar-refractivity contribution is -0.387. The van der Waals surface area contributed by atoms with Crippen LogP contribution < -0.4 is 0 Å². The molecule has 0 saturated carbocycles. The van der Waals surface area contributed by atoms with Gasteiger partial charge < -0.3 is 0 Å². The summed E-state index contributed by atoms with van der Waals surface area (Å²) in [5, 5.41) is 17.9. The molecule has 0 spiro atoms. The fraction of sp³-hybridized carbons (Fsp3) is 0. The number of nitrogens with one attached hydrogen (secondary N) is 1. The van der Waals surface area contributed by atoms with Crippen LogP contribution in [-0.4, -0.2) is 20.1 Å². The van der Waals surface area contributed by atoms with Crippen molar-refractivity contribution in [3.63, 3.8) is 0 Å². The van der Waals surface area contributed by atoms with E-state index in [0.29, 0.717) is 15.1 Å². The van der Waals surface area contributed by atoms with Crippen molar-refractivity contribution < 1.29 is 4.92 Å². The van der Waals surface area contributed by atoms with Gasteiger partial charge in [0.25, 0.3) is 5.69 Å². The van der Waals surface area contributed by atoms with E-state index in [4.69, 9.17) is 11.6 Å². The molecule has 0 fully saturated rings. The summed E-state index contributed by atoms with van der Waals surface area (Å²) in [6.07, 6.45) is 1.34. The number of nitro groups is 1. The maximum Gasteiger partial charge on any atom is 0.284 e. The fourth-order valence-corrected chi connectivity index (χ4v) is 2.01. The van der Waals surface area contributed by atoms with Gasteiger partial charge in [-0.1, -0.05) is 11.6 Å². The third-order valence-corrected chi connectivity index (χ3v) is 2.91. The molecule has 0 bridgehead atoms. The topological polar surface area (TPSA) is 84.7 Å². The van der Waals surface area contributed by atoms with E-state index in [9.17, 15) is 10.1 Å². The Morgan fingerprint density at radius 1 is 1.50 bits per heavy atom. The molecule has 1 N–H and O–H groups in total. The summed E-state index contributed by atoms with van der Waals surface area (Å²) in [4.78, 5) is 14.6. The standard InChI is InChI=1S/C8H5ClN4O2S/c9-5-1-2-7(6(3-5)13(14)15)16-8-10-4-11-12-8/h1-4H,(H,10,11,12). The van der Waals surface area contributed by atoms with E-state index in [1.54, 1.807) is 12.1 Å². The van der Waals surface area contributed by atoms with E-state index < -0.39 is 4.92 Å². The van der Waals surface area contributed by atoms with Crippen molar-refractivity contribution in [3.8, 4) is 0 Å². The van der Waals surface area contributed by atoms with Crippen LogP contribution in [0.1, 0.15) is 0 Å². The number of aromatic amines is 1. The van der Waals surface area contributed by atoms with E-state index in [-0.39, 0.29) is 5.69 Å². The summed E-state index contributed by atoms with van der Waals surface area (Å²) in [7, 11) is 0. The molecule has 1 aromatic heterocycles. The van der Waals surface area contributed by atoms with Crippen molar-refractivity contribution in [1.82, 2.24) is 15.2 Å². The number of rotatable bonds is 3. The van der Waals surface area contributed by atoms with Crippen LogP contribution in [0.3, 0.4) is 0 Å². The molecule has 82 valence electrons. The van der Waals surface area contributed by atoms with Gasteiger partial charge in [0.2, 0.25) is 0 Å². The predicted octanol–water partition coefficient (Wildman–Crippen LogP) is 2.52. The maximum absolute atomic E-state index is 10.8.